The van der Waals surface area contributed by atoms with Crippen LogP contribution in [0.1, 0.15) is 29.3 Å². The number of aromatic hydroxyl groups is 2. The number of hydrogen-bond acceptors (Lipinski definition) is 3. The van der Waals surface area contributed by atoms with Gasteiger partial charge in [0.15, 0.2) is 6.29 Å². The minimum Gasteiger partial charge on any atom is -0.508 e. The van der Waals surface area contributed by atoms with Crippen molar-refractivity contribution in [3.05, 3.63) is 23.3 Å². The predicted octanol–water partition coefficient (Wildman–Crippen LogP) is 1.86. The summed E-state index contributed by atoms with van der Waals surface area (Å²) in [5, 5.41) is 18.5. The average molecular weight is 180 g/mol. The molecule has 0 saturated heterocycles. The van der Waals surface area contributed by atoms with E-state index in [-0.39, 0.29) is 17.1 Å². The SMILES string of the molecule is CCCc1cc(O)cc(O)c1C=O. The van der Waals surface area contributed by atoms with Crippen LogP contribution >= 0.6 is 0 Å². The zero-order valence-electron chi connectivity index (χ0n) is 7.45. The minimum atomic E-state index is -0.154. The van der Waals surface area contributed by atoms with E-state index in [1.807, 2.05) is 6.92 Å². The van der Waals surface area contributed by atoms with Crippen molar-refractivity contribution in [2.75, 3.05) is 0 Å². The molecule has 0 heterocycles. The first-order valence-electron chi connectivity index (χ1n) is 4.19. The Morgan fingerprint density at radius 2 is 2.08 bits per heavy atom. The molecule has 0 aromatic heterocycles. The Balaban J connectivity index is 3.20. The topological polar surface area (TPSA) is 57.5 Å². The van der Waals surface area contributed by atoms with Gasteiger partial charge in [-0.15, -0.1) is 0 Å². The van der Waals surface area contributed by atoms with Gasteiger partial charge in [-0.1, -0.05) is 13.3 Å². The summed E-state index contributed by atoms with van der Waals surface area (Å²) in [6.45, 7) is 1.97. The molecule has 1 aromatic carbocycles. The lowest BCUT2D eigenvalue weighted by Crippen LogP contribution is -1.92. The van der Waals surface area contributed by atoms with Crippen molar-refractivity contribution >= 4 is 6.29 Å². The maximum absolute atomic E-state index is 10.6. The molecule has 0 bridgehead atoms. The van der Waals surface area contributed by atoms with E-state index in [0.717, 1.165) is 6.42 Å². The molecule has 0 atom stereocenters. The summed E-state index contributed by atoms with van der Waals surface area (Å²) in [6, 6.07) is 2.68. The van der Waals surface area contributed by atoms with Crippen LogP contribution in [0.2, 0.25) is 0 Å². The molecule has 3 nitrogen and oxygen atoms in total. The van der Waals surface area contributed by atoms with Gasteiger partial charge in [0.05, 0.1) is 5.56 Å². The normalized spacial score (nSPS) is 9.92. The molecule has 0 fully saturated rings. The smallest absolute Gasteiger partial charge is 0.154 e. The van der Waals surface area contributed by atoms with E-state index in [0.29, 0.717) is 18.3 Å². The van der Waals surface area contributed by atoms with Gasteiger partial charge in [0.1, 0.15) is 11.5 Å². The molecule has 0 unspecified atom stereocenters. The summed E-state index contributed by atoms with van der Waals surface area (Å²) < 4.78 is 0. The van der Waals surface area contributed by atoms with Gasteiger partial charge < -0.3 is 10.2 Å². The average Bonchev–Trinajstić information content (AvgIpc) is 2.04. The summed E-state index contributed by atoms with van der Waals surface area (Å²) in [6.07, 6.45) is 2.15. The minimum absolute atomic E-state index is 0.00782. The van der Waals surface area contributed by atoms with Crippen molar-refractivity contribution in [2.45, 2.75) is 19.8 Å². The molecule has 0 radical (unpaired) electrons. The summed E-state index contributed by atoms with van der Waals surface area (Å²) in [4.78, 5) is 10.6. The quantitative estimate of drug-likeness (QED) is 0.698. The van der Waals surface area contributed by atoms with Gasteiger partial charge in [-0.3, -0.25) is 4.79 Å². The molecule has 70 valence electrons. The number of hydrogen-bond donors (Lipinski definition) is 2. The second-order valence-electron chi connectivity index (χ2n) is 2.91. The first-order valence-corrected chi connectivity index (χ1v) is 4.19. The fraction of sp³-hybridized carbons (Fsp3) is 0.300. The van der Waals surface area contributed by atoms with Crippen LogP contribution < -0.4 is 0 Å². The molecule has 1 rings (SSSR count). The highest BCUT2D eigenvalue weighted by atomic mass is 16.3. The maximum Gasteiger partial charge on any atom is 0.154 e. The number of benzene rings is 1. The molecular weight excluding hydrogens is 168 g/mol. The summed E-state index contributed by atoms with van der Waals surface area (Å²) >= 11 is 0. The highest BCUT2D eigenvalue weighted by molar-refractivity contribution is 5.82. The fourth-order valence-corrected chi connectivity index (χ4v) is 1.29. The third-order valence-corrected chi connectivity index (χ3v) is 1.87. The van der Waals surface area contributed by atoms with Gasteiger partial charge in [0.2, 0.25) is 0 Å². The molecule has 13 heavy (non-hydrogen) atoms. The summed E-state index contributed by atoms with van der Waals surface area (Å²) in [7, 11) is 0. The third kappa shape index (κ3) is 1.99. The van der Waals surface area contributed by atoms with Crippen LogP contribution in [-0.2, 0) is 6.42 Å². The zero-order valence-corrected chi connectivity index (χ0v) is 7.45. The number of aldehydes is 1. The largest absolute Gasteiger partial charge is 0.508 e. The Kier molecular flexibility index (Phi) is 2.90. The Morgan fingerprint density at radius 1 is 1.38 bits per heavy atom. The molecule has 3 heteroatoms. The van der Waals surface area contributed by atoms with Crippen LogP contribution in [0.3, 0.4) is 0 Å². The van der Waals surface area contributed by atoms with E-state index in [4.69, 9.17) is 5.11 Å². The van der Waals surface area contributed by atoms with Crippen LogP contribution in [0.5, 0.6) is 11.5 Å². The highest BCUT2D eigenvalue weighted by Crippen LogP contribution is 2.26. The van der Waals surface area contributed by atoms with Crippen LogP contribution in [0.15, 0.2) is 12.1 Å². The lowest BCUT2D eigenvalue weighted by Gasteiger charge is -2.05. The van der Waals surface area contributed by atoms with Crippen molar-refractivity contribution in [3.63, 3.8) is 0 Å². The monoisotopic (exact) mass is 180 g/mol. The molecule has 0 amide bonds. The number of carbonyl (C=O) groups is 1. The summed E-state index contributed by atoms with van der Waals surface area (Å²) in [5.74, 6) is -0.162. The Labute approximate surface area is 76.6 Å². The van der Waals surface area contributed by atoms with Crippen LogP contribution in [0.4, 0.5) is 0 Å². The number of phenols is 2. The lowest BCUT2D eigenvalue weighted by molar-refractivity contribution is 0.112. The predicted molar refractivity (Wildman–Crippen MR) is 49.2 cm³/mol. The van der Waals surface area contributed by atoms with E-state index in [1.54, 1.807) is 0 Å². The van der Waals surface area contributed by atoms with Crippen molar-refractivity contribution in [1.82, 2.24) is 0 Å². The molecule has 0 spiro atoms. The van der Waals surface area contributed by atoms with E-state index < -0.39 is 0 Å². The fourth-order valence-electron chi connectivity index (χ4n) is 1.29. The molecular formula is C10H12O3. The van der Waals surface area contributed by atoms with Crippen LogP contribution in [0, 0.1) is 0 Å². The van der Waals surface area contributed by atoms with Crippen molar-refractivity contribution in [2.24, 2.45) is 0 Å². The number of aryl methyl sites for hydroxylation is 1. The van der Waals surface area contributed by atoms with Gasteiger partial charge in [-0.25, -0.2) is 0 Å². The first kappa shape index (κ1) is 9.58. The molecule has 0 aliphatic carbocycles. The van der Waals surface area contributed by atoms with E-state index in [2.05, 4.69) is 0 Å². The first-order chi connectivity index (χ1) is 6.19. The molecule has 0 saturated carbocycles. The summed E-state index contributed by atoms with van der Waals surface area (Å²) in [5.41, 5.74) is 0.967. The second-order valence-corrected chi connectivity index (χ2v) is 2.91. The number of carbonyl (C=O) groups excluding carboxylic acids is 1. The lowest BCUT2D eigenvalue weighted by atomic mass is 10.0. The Hall–Kier alpha value is -1.51. The standard InChI is InChI=1S/C10H12O3/c1-2-3-7-4-8(12)5-10(13)9(7)6-11/h4-6,12-13H,2-3H2,1H3. The Bertz CT molecular complexity index is 318. The Morgan fingerprint density at radius 3 is 2.62 bits per heavy atom. The highest BCUT2D eigenvalue weighted by Gasteiger charge is 2.08. The van der Waals surface area contributed by atoms with E-state index >= 15 is 0 Å². The van der Waals surface area contributed by atoms with Gasteiger partial charge >= 0.3 is 0 Å². The van der Waals surface area contributed by atoms with Crippen LogP contribution in [0.25, 0.3) is 0 Å². The molecule has 1 aromatic rings. The van der Waals surface area contributed by atoms with Crippen LogP contribution in [-0.4, -0.2) is 16.5 Å². The van der Waals surface area contributed by atoms with Gasteiger partial charge in [-0.2, -0.15) is 0 Å². The van der Waals surface area contributed by atoms with Gasteiger partial charge in [0, 0.05) is 6.07 Å². The maximum atomic E-state index is 10.6. The third-order valence-electron chi connectivity index (χ3n) is 1.87. The van der Waals surface area contributed by atoms with Crippen molar-refractivity contribution < 1.29 is 15.0 Å². The number of phenolic OH excluding ortho intramolecular Hbond substituents is 2. The molecule has 0 aliphatic heterocycles. The van der Waals surface area contributed by atoms with Crippen molar-refractivity contribution in [3.8, 4) is 11.5 Å². The van der Waals surface area contributed by atoms with E-state index in [1.165, 1.54) is 12.1 Å². The van der Waals surface area contributed by atoms with Crippen molar-refractivity contribution in [1.29, 1.82) is 0 Å². The zero-order chi connectivity index (χ0) is 9.84. The van der Waals surface area contributed by atoms with E-state index in [9.17, 15) is 9.90 Å². The number of rotatable bonds is 3. The molecule has 2 N–H and O–H groups in total. The van der Waals surface area contributed by atoms with Gasteiger partial charge in [-0.05, 0) is 18.1 Å². The van der Waals surface area contributed by atoms with Gasteiger partial charge in [0.25, 0.3) is 0 Å². The molecule has 0 aliphatic rings. The second kappa shape index (κ2) is 3.94.